The van der Waals surface area contributed by atoms with Gasteiger partial charge < -0.3 is 9.84 Å². The Kier molecular flexibility index (Phi) is 4.57. The Morgan fingerprint density at radius 3 is 2.67 bits per heavy atom. The Balaban J connectivity index is 2.29. The van der Waals surface area contributed by atoms with Crippen molar-refractivity contribution in [1.82, 2.24) is 0 Å². The van der Waals surface area contributed by atoms with Crippen LogP contribution in [0.3, 0.4) is 0 Å². The molecule has 0 fully saturated rings. The number of carboxylic acid groups (broad SMARTS) is 1. The van der Waals surface area contributed by atoms with Crippen LogP contribution >= 0.6 is 15.9 Å². The summed E-state index contributed by atoms with van der Waals surface area (Å²) in [5.41, 5.74) is 0.437. The van der Waals surface area contributed by atoms with Crippen molar-refractivity contribution in [3.63, 3.8) is 0 Å². The number of hydrogen-bond acceptors (Lipinski definition) is 2. The van der Waals surface area contributed by atoms with Gasteiger partial charge in [0.05, 0.1) is 10.0 Å². The van der Waals surface area contributed by atoms with E-state index in [2.05, 4.69) is 15.9 Å². The van der Waals surface area contributed by atoms with Crippen LogP contribution in [-0.2, 0) is 6.61 Å². The van der Waals surface area contributed by atoms with Crippen LogP contribution in [0.5, 0.6) is 5.75 Å². The zero-order chi connectivity index (χ0) is 15.6. The highest BCUT2D eigenvalue weighted by Crippen LogP contribution is 2.25. The number of hydrogen-bond donors (Lipinski definition) is 1. The van der Waals surface area contributed by atoms with Crippen molar-refractivity contribution >= 4 is 21.9 Å². The van der Waals surface area contributed by atoms with E-state index in [1.807, 2.05) is 0 Å². The molecule has 0 aliphatic heterocycles. The number of ether oxygens (including phenoxy) is 1. The van der Waals surface area contributed by atoms with Crippen molar-refractivity contribution in [1.29, 1.82) is 0 Å². The van der Waals surface area contributed by atoms with Crippen LogP contribution in [0, 0.1) is 18.6 Å². The third-order valence-electron chi connectivity index (χ3n) is 2.88. The van der Waals surface area contributed by atoms with Gasteiger partial charge in [-0.15, -0.1) is 0 Å². The van der Waals surface area contributed by atoms with E-state index < -0.39 is 24.2 Å². The molecule has 0 saturated carbocycles. The molecular formula is C15H11BrF2O3. The van der Waals surface area contributed by atoms with Crippen molar-refractivity contribution in [2.24, 2.45) is 0 Å². The fourth-order valence-electron chi connectivity index (χ4n) is 1.79. The summed E-state index contributed by atoms with van der Waals surface area (Å²) < 4.78 is 32.8. The van der Waals surface area contributed by atoms with Crippen LogP contribution in [0.25, 0.3) is 0 Å². The van der Waals surface area contributed by atoms with E-state index in [-0.39, 0.29) is 21.3 Å². The van der Waals surface area contributed by atoms with Gasteiger partial charge in [-0.05, 0) is 47.1 Å². The summed E-state index contributed by atoms with van der Waals surface area (Å²) in [7, 11) is 0. The van der Waals surface area contributed by atoms with Crippen molar-refractivity contribution in [3.8, 4) is 5.75 Å². The molecule has 6 heteroatoms. The molecule has 21 heavy (non-hydrogen) atoms. The van der Waals surface area contributed by atoms with Crippen LogP contribution in [0.1, 0.15) is 21.5 Å². The van der Waals surface area contributed by atoms with Crippen LogP contribution < -0.4 is 4.74 Å². The first-order valence-electron chi connectivity index (χ1n) is 5.99. The maximum absolute atomic E-state index is 13.8. The second kappa shape index (κ2) is 6.22. The number of carboxylic acids is 1. The first kappa shape index (κ1) is 15.4. The summed E-state index contributed by atoms with van der Waals surface area (Å²) in [6.45, 7) is 1.34. The van der Waals surface area contributed by atoms with Crippen molar-refractivity contribution in [2.75, 3.05) is 0 Å². The summed E-state index contributed by atoms with van der Waals surface area (Å²) in [5.74, 6) is -2.62. The SMILES string of the molecule is Cc1ccc(OCc2c(F)ccc(Br)c2F)c(C(=O)O)c1. The van der Waals surface area contributed by atoms with Gasteiger partial charge >= 0.3 is 5.97 Å². The van der Waals surface area contributed by atoms with E-state index in [1.54, 1.807) is 13.0 Å². The molecule has 0 amide bonds. The van der Waals surface area contributed by atoms with Crippen molar-refractivity contribution < 1.29 is 23.4 Å². The van der Waals surface area contributed by atoms with Gasteiger partial charge in [-0.25, -0.2) is 13.6 Å². The second-order valence-corrected chi connectivity index (χ2v) is 5.27. The Morgan fingerprint density at radius 2 is 2.00 bits per heavy atom. The standard InChI is InChI=1S/C15H11BrF2O3/c1-8-2-5-13(9(6-8)15(19)20)21-7-10-12(17)4-3-11(16)14(10)18/h2-6H,7H2,1H3,(H,19,20). The summed E-state index contributed by atoms with van der Waals surface area (Å²) >= 11 is 2.96. The maximum atomic E-state index is 13.8. The molecule has 110 valence electrons. The molecule has 0 aromatic heterocycles. The largest absolute Gasteiger partial charge is 0.488 e. The molecule has 2 rings (SSSR count). The lowest BCUT2D eigenvalue weighted by molar-refractivity contribution is 0.0691. The smallest absolute Gasteiger partial charge is 0.339 e. The number of aryl methyl sites for hydroxylation is 1. The minimum Gasteiger partial charge on any atom is -0.488 e. The molecule has 0 aliphatic rings. The van der Waals surface area contributed by atoms with E-state index in [0.717, 1.165) is 11.6 Å². The summed E-state index contributed by atoms with van der Waals surface area (Å²) in [5, 5.41) is 9.10. The molecule has 2 aromatic rings. The molecule has 0 aliphatic carbocycles. The Bertz CT molecular complexity index is 702. The number of benzene rings is 2. The molecule has 0 heterocycles. The minimum atomic E-state index is -1.16. The van der Waals surface area contributed by atoms with Crippen LogP contribution in [0.15, 0.2) is 34.8 Å². The molecule has 0 unspecified atom stereocenters. The van der Waals surface area contributed by atoms with E-state index in [1.165, 1.54) is 18.2 Å². The van der Waals surface area contributed by atoms with Gasteiger partial charge in [-0.2, -0.15) is 0 Å². The number of halogens is 3. The molecule has 2 aromatic carbocycles. The van der Waals surface area contributed by atoms with Gasteiger partial charge in [0.1, 0.15) is 29.6 Å². The lowest BCUT2D eigenvalue weighted by atomic mass is 10.1. The Labute approximate surface area is 128 Å². The maximum Gasteiger partial charge on any atom is 0.339 e. The predicted molar refractivity (Wildman–Crippen MR) is 76.5 cm³/mol. The fourth-order valence-corrected chi connectivity index (χ4v) is 2.16. The van der Waals surface area contributed by atoms with Crippen molar-refractivity contribution in [3.05, 3.63) is 63.1 Å². The first-order chi connectivity index (χ1) is 9.90. The van der Waals surface area contributed by atoms with E-state index in [9.17, 15) is 13.6 Å². The molecule has 3 nitrogen and oxygen atoms in total. The summed E-state index contributed by atoms with van der Waals surface area (Å²) in [6.07, 6.45) is 0. The zero-order valence-corrected chi connectivity index (χ0v) is 12.6. The molecule has 1 N–H and O–H groups in total. The monoisotopic (exact) mass is 356 g/mol. The molecule has 0 saturated heterocycles. The molecular weight excluding hydrogens is 346 g/mol. The lowest BCUT2D eigenvalue weighted by Gasteiger charge is -2.11. The highest BCUT2D eigenvalue weighted by molar-refractivity contribution is 9.10. The van der Waals surface area contributed by atoms with Gasteiger partial charge in [-0.3, -0.25) is 0 Å². The van der Waals surface area contributed by atoms with E-state index >= 15 is 0 Å². The van der Waals surface area contributed by atoms with Gasteiger partial charge in [0.15, 0.2) is 0 Å². The van der Waals surface area contributed by atoms with E-state index in [0.29, 0.717) is 0 Å². The average molecular weight is 357 g/mol. The lowest BCUT2D eigenvalue weighted by Crippen LogP contribution is -2.06. The van der Waals surface area contributed by atoms with Crippen molar-refractivity contribution in [2.45, 2.75) is 13.5 Å². The third-order valence-corrected chi connectivity index (χ3v) is 3.49. The average Bonchev–Trinajstić information content (AvgIpc) is 2.44. The first-order valence-corrected chi connectivity index (χ1v) is 6.78. The topological polar surface area (TPSA) is 46.5 Å². The molecule has 0 atom stereocenters. The number of rotatable bonds is 4. The zero-order valence-electron chi connectivity index (χ0n) is 11.0. The Hall–Kier alpha value is -1.95. The minimum absolute atomic E-state index is 0.0502. The van der Waals surface area contributed by atoms with Gasteiger partial charge in [0.25, 0.3) is 0 Å². The normalized spacial score (nSPS) is 10.5. The third kappa shape index (κ3) is 3.39. The highest BCUT2D eigenvalue weighted by Gasteiger charge is 2.16. The Morgan fingerprint density at radius 1 is 1.29 bits per heavy atom. The highest BCUT2D eigenvalue weighted by atomic mass is 79.9. The van der Waals surface area contributed by atoms with Crippen LogP contribution in [-0.4, -0.2) is 11.1 Å². The van der Waals surface area contributed by atoms with Gasteiger partial charge in [-0.1, -0.05) is 11.6 Å². The molecule has 0 spiro atoms. The molecule has 0 radical (unpaired) electrons. The van der Waals surface area contributed by atoms with E-state index in [4.69, 9.17) is 9.84 Å². The van der Waals surface area contributed by atoms with Crippen LogP contribution in [0.4, 0.5) is 8.78 Å². The quantitative estimate of drug-likeness (QED) is 0.830. The predicted octanol–water partition coefficient (Wildman–Crippen LogP) is 4.31. The summed E-state index contributed by atoms with van der Waals surface area (Å²) in [6, 6.07) is 6.93. The van der Waals surface area contributed by atoms with Gasteiger partial charge in [0, 0.05) is 0 Å². The summed E-state index contributed by atoms with van der Waals surface area (Å²) in [4.78, 5) is 11.1. The van der Waals surface area contributed by atoms with Crippen LogP contribution in [0.2, 0.25) is 0 Å². The number of aromatic carboxylic acids is 1. The number of carbonyl (C=O) groups is 1. The van der Waals surface area contributed by atoms with Gasteiger partial charge in [0.2, 0.25) is 0 Å². The second-order valence-electron chi connectivity index (χ2n) is 4.42. The fraction of sp³-hybridized carbons (Fsp3) is 0.133. The molecule has 0 bridgehead atoms.